The number of carbonyl (C=O) groups is 2. The topological polar surface area (TPSA) is 90.2 Å². The first-order chi connectivity index (χ1) is 8.55. The van der Waals surface area contributed by atoms with Crippen molar-refractivity contribution in [2.75, 3.05) is 0 Å². The zero-order valence-electron chi connectivity index (χ0n) is 10.5. The number of allylic oxidation sites excluding steroid dienone is 1. The number of nitrogens with zero attached hydrogens (tertiary/aromatic N) is 1. The fourth-order valence-corrected chi connectivity index (χ4v) is 2.16. The maximum Gasteiger partial charge on any atom is 0.326 e. The highest BCUT2D eigenvalue weighted by Crippen LogP contribution is 2.37. The number of rotatable bonds is 5. The van der Waals surface area contributed by atoms with Crippen LogP contribution >= 0.6 is 0 Å². The lowest BCUT2D eigenvalue weighted by Crippen LogP contribution is -2.47. The number of amides is 1. The number of carbonyl (C=O) groups excluding carboxylic acids is 1. The van der Waals surface area contributed by atoms with E-state index in [1.54, 1.807) is 19.1 Å². The van der Waals surface area contributed by atoms with E-state index >= 15 is 0 Å². The van der Waals surface area contributed by atoms with Crippen LogP contribution in [0.3, 0.4) is 0 Å². The van der Waals surface area contributed by atoms with Crippen LogP contribution in [0, 0.1) is 16.7 Å². The minimum Gasteiger partial charge on any atom is -0.480 e. The van der Waals surface area contributed by atoms with Gasteiger partial charge in [0.15, 0.2) is 0 Å². The minimum absolute atomic E-state index is 0.235. The van der Waals surface area contributed by atoms with Gasteiger partial charge in [0.2, 0.25) is 5.91 Å². The molecule has 18 heavy (non-hydrogen) atoms. The molecule has 1 unspecified atom stereocenters. The number of hydrogen-bond acceptors (Lipinski definition) is 3. The number of nitrogens with one attached hydrogen (secondary N) is 1. The molecule has 98 valence electrons. The van der Waals surface area contributed by atoms with Crippen LogP contribution in [0.5, 0.6) is 0 Å². The van der Waals surface area contributed by atoms with Crippen molar-refractivity contribution in [3.8, 4) is 6.07 Å². The van der Waals surface area contributed by atoms with Crippen LogP contribution in [0.15, 0.2) is 12.2 Å². The summed E-state index contributed by atoms with van der Waals surface area (Å²) in [5, 5.41) is 20.6. The SMILES string of the molecule is C/C=C/CC(NC(=O)C1(C#N)CCCC1)C(=O)O. The summed E-state index contributed by atoms with van der Waals surface area (Å²) < 4.78 is 0. The van der Waals surface area contributed by atoms with Crippen LogP contribution < -0.4 is 5.32 Å². The van der Waals surface area contributed by atoms with Gasteiger partial charge in [-0.25, -0.2) is 4.79 Å². The van der Waals surface area contributed by atoms with Crippen molar-refractivity contribution < 1.29 is 14.7 Å². The van der Waals surface area contributed by atoms with Crippen molar-refractivity contribution in [1.29, 1.82) is 5.26 Å². The van der Waals surface area contributed by atoms with Gasteiger partial charge in [0.05, 0.1) is 6.07 Å². The van der Waals surface area contributed by atoms with Gasteiger partial charge in [-0.05, 0) is 26.2 Å². The molecule has 1 fully saturated rings. The summed E-state index contributed by atoms with van der Waals surface area (Å²) in [5.41, 5.74) is -1.02. The molecule has 0 bridgehead atoms. The molecule has 2 N–H and O–H groups in total. The van der Waals surface area contributed by atoms with Crippen LogP contribution in [0.2, 0.25) is 0 Å². The summed E-state index contributed by atoms with van der Waals surface area (Å²) in [6, 6.07) is 1.10. The molecular weight excluding hydrogens is 232 g/mol. The Morgan fingerprint density at radius 1 is 1.50 bits per heavy atom. The standard InChI is InChI=1S/C13H18N2O3/c1-2-3-6-10(11(16)17)15-12(18)13(9-14)7-4-5-8-13/h2-3,10H,4-8H2,1H3,(H,15,18)(H,16,17)/b3-2+. The maximum atomic E-state index is 12.1. The monoisotopic (exact) mass is 250 g/mol. The van der Waals surface area contributed by atoms with Crippen molar-refractivity contribution in [2.45, 2.75) is 45.1 Å². The number of aliphatic carboxylic acids is 1. The molecular formula is C13H18N2O3. The normalized spacial score (nSPS) is 19.3. The van der Waals surface area contributed by atoms with Crippen molar-refractivity contribution in [3.63, 3.8) is 0 Å². The van der Waals surface area contributed by atoms with E-state index in [1.165, 1.54) is 0 Å². The quantitative estimate of drug-likeness (QED) is 0.725. The summed E-state index contributed by atoms with van der Waals surface area (Å²) in [7, 11) is 0. The molecule has 1 aliphatic rings. The van der Waals surface area contributed by atoms with Gasteiger partial charge in [-0.15, -0.1) is 0 Å². The van der Waals surface area contributed by atoms with Gasteiger partial charge in [0.25, 0.3) is 0 Å². The summed E-state index contributed by atoms with van der Waals surface area (Å²) in [6.07, 6.45) is 6.38. The Kier molecular flexibility index (Phi) is 4.90. The molecule has 1 atom stereocenters. The van der Waals surface area contributed by atoms with Crippen molar-refractivity contribution in [3.05, 3.63) is 12.2 Å². The van der Waals surface area contributed by atoms with Crippen LogP contribution in [-0.4, -0.2) is 23.0 Å². The number of carboxylic acid groups (broad SMARTS) is 1. The van der Waals surface area contributed by atoms with Crippen molar-refractivity contribution >= 4 is 11.9 Å². The summed E-state index contributed by atoms with van der Waals surface area (Å²) >= 11 is 0. The first-order valence-corrected chi connectivity index (χ1v) is 6.12. The molecule has 0 aromatic carbocycles. The smallest absolute Gasteiger partial charge is 0.326 e. The molecule has 5 heteroatoms. The molecule has 0 aromatic rings. The van der Waals surface area contributed by atoms with Crippen LogP contribution in [0.1, 0.15) is 39.0 Å². The highest BCUT2D eigenvalue weighted by molar-refractivity contribution is 5.89. The predicted molar refractivity (Wildman–Crippen MR) is 65.5 cm³/mol. The Bertz CT molecular complexity index is 390. The van der Waals surface area contributed by atoms with E-state index in [0.717, 1.165) is 12.8 Å². The Morgan fingerprint density at radius 3 is 2.56 bits per heavy atom. The third-order valence-electron chi connectivity index (χ3n) is 3.32. The van der Waals surface area contributed by atoms with Gasteiger partial charge < -0.3 is 10.4 Å². The van der Waals surface area contributed by atoms with E-state index in [0.29, 0.717) is 12.8 Å². The summed E-state index contributed by atoms with van der Waals surface area (Å²) in [6.45, 7) is 1.79. The van der Waals surface area contributed by atoms with E-state index in [-0.39, 0.29) is 6.42 Å². The lowest BCUT2D eigenvalue weighted by molar-refractivity contribution is -0.143. The van der Waals surface area contributed by atoms with Gasteiger partial charge >= 0.3 is 5.97 Å². The van der Waals surface area contributed by atoms with E-state index in [9.17, 15) is 9.59 Å². The molecule has 1 saturated carbocycles. The number of hydrogen-bond donors (Lipinski definition) is 2. The molecule has 0 aliphatic heterocycles. The Balaban J connectivity index is 2.72. The Labute approximate surface area is 106 Å². The van der Waals surface area contributed by atoms with Crippen LogP contribution in [-0.2, 0) is 9.59 Å². The highest BCUT2D eigenvalue weighted by Gasteiger charge is 2.42. The highest BCUT2D eigenvalue weighted by atomic mass is 16.4. The molecule has 5 nitrogen and oxygen atoms in total. The molecule has 0 aromatic heterocycles. The molecule has 0 radical (unpaired) electrons. The average Bonchev–Trinajstić information content (AvgIpc) is 2.83. The third kappa shape index (κ3) is 3.10. The number of nitriles is 1. The predicted octanol–water partition coefficient (Wildman–Crippen LogP) is 1.61. The van der Waals surface area contributed by atoms with Gasteiger partial charge in [-0.3, -0.25) is 4.79 Å². The third-order valence-corrected chi connectivity index (χ3v) is 3.32. The summed E-state index contributed by atoms with van der Waals surface area (Å²) in [4.78, 5) is 23.1. The van der Waals surface area contributed by atoms with Crippen LogP contribution in [0.4, 0.5) is 0 Å². The average molecular weight is 250 g/mol. The lowest BCUT2D eigenvalue weighted by Gasteiger charge is -2.22. The first kappa shape index (κ1) is 14.2. The van der Waals surface area contributed by atoms with Gasteiger partial charge in [-0.1, -0.05) is 25.0 Å². The van der Waals surface area contributed by atoms with Crippen molar-refractivity contribution in [1.82, 2.24) is 5.32 Å². The molecule has 1 aliphatic carbocycles. The Hall–Kier alpha value is -1.83. The first-order valence-electron chi connectivity index (χ1n) is 6.12. The van der Waals surface area contributed by atoms with E-state index in [4.69, 9.17) is 10.4 Å². The van der Waals surface area contributed by atoms with E-state index < -0.39 is 23.3 Å². The zero-order valence-corrected chi connectivity index (χ0v) is 10.5. The van der Waals surface area contributed by atoms with E-state index in [1.807, 2.05) is 0 Å². The summed E-state index contributed by atoms with van der Waals surface area (Å²) in [5.74, 6) is -1.52. The van der Waals surface area contributed by atoms with Gasteiger partial charge in [-0.2, -0.15) is 5.26 Å². The second-order valence-electron chi connectivity index (χ2n) is 4.57. The van der Waals surface area contributed by atoms with E-state index in [2.05, 4.69) is 11.4 Å². The number of carboxylic acids is 1. The molecule has 0 heterocycles. The maximum absolute atomic E-state index is 12.1. The van der Waals surface area contributed by atoms with Crippen LogP contribution in [0.25, 0.3) is 0 Å². The second kappa shape index (κ2) is 6.20. The minimum atomic E-state index is -1.08. The largest absolute Gasteiger partial charge is 0.480 e. The molecule has 0 spiro atoms. The van der Waals surface area contributed by atoms with Crippen molar-refractivity contribution in [2.24, 2.45) is 5.41 Å². The molecule has 1 rings (SSSR count). The van der Waals surface area contributed by atoms with Gasteiger partial charge in [0.1, 0.15) is 11.5 Å². The second-order valence-corrected chi connectivity index (χ2v) is 4.57. The van der Waals surface area contributed by atoms with Gasteiger partial charge in [0, 0.05) is 0 Å². The fraction of sp³-hybridized carbons (Fsp3) is 0.615. The molecule has 0 saturated heterocycles. The Morgan fingerprint density at radius 2 is 2.11 bits per heavy atom. The fourth-order valence-electron chi connectivity index (χ4n) is 2.16. The molecule has 1 amide bonds. The lowest BCUT2D eigenvalue weighted by atomic mass is 9.86. The zero-order chi connectivity index (χ0) is 13.6.